The van der Waals surface area contributed by atoms with E-state index in [1.807, 2.05) is 44.4 Å². The Morgan fingerprint density at radius 1 is 1.09 bits per heavy atom. The highest BCUT2D eigenvalue weighted by atomic mass is 32.1. The fourth-order valence-electron chi connectivity index (χ4n) is 3.74. The average Bonchev–Trinajstić information content (AvgIpc) is 3.39. The quantitative estimate of drug-likeness (QED) is 0.360. The first-order valence-electron chi connectivity index (χ1n) is 10.7. The molecule has 0 saturated heterocycles. The minimum Gasteiger partial charge on any atom is -0.497 e. The van der Waals surface area contributed by atoms with Crippen LogP contribution in [0.2, 0.25) is 0 Å². The minimum absolute atomic E-state index is 0.109. The second-order valence-electron chi connectivity index (χ2n) is 8.12. The maximum atomic E-state index is 13.0. The van der Waals surface area contributed by atoms with E-state index in [0.29, 0.717) is 16.4 Å². The summed E-state index contributed by atoms with van der Waals surface area (Å²) in [5, 5.41) is 9.22. The van der Waals surface area contributed by atoms with E-state index in [1.165, 1.54) is 11.3 Å². The molecule has 4 aromatic rings. The van der Waals surface area contributed by atoms with E-state index in [9.17, 15) is 9.59 Å². The first kappa shape index (κ1) is 22.5. The molecule has 2 aromatic heterocycles. The lowest BCUT2D eigenvalue weighted by Gasteiger charge is -2.21. The molecule has 170 valence electrons. The van der Waals surface area contributed by atoms with Gasteiger partial charge >= 0.3 is 0 Å². The smallest absolute Gasteiger partial charge is 0.251 e. The first-order valence-corrected chi connectivity index (χ1v) is 11.5. The molecule has 2 heterocycles. The van der Waals surface area contributed by atoms with Crippen LogP contribution in [-0.4, -0.2) is 34.9 Å². The lowest BCUT2D eigenvalue weighted by molar-refractivity contribution is -0.118. The summed E-state index contributed by atoms with van der Waals surface area (Å²) in [7, 11) is 1.57. The zero-order valence-electron chi connectivity index (χ0n) is 18.9. The number of ether oxygens (including phenoxy) is 1. The lowest BCUT2D eigenvalue weighted by atomic mass is 10.0. The number of rotatable bonds is 7. The van der Waals surface area contributed by atoms with Crippen LogP contribution < -0.4 is 15.4 Å². The number of nitrogens with one attached hydrogen (secondary N) is 3. The number of aromatic amines is 1. The van der Waals surface area contributed by atoms with E-state index in [2.05, 4.69) is 26.7 Å². The summed E-state index contributed by atoms with van der Waals surface area (Å²) in [5.41, 5.74) is 4.35. The summed E-state index contributed by atoms with van der Waals surface area (Å²) >= 11 is 1.36. The Morgan fingerprint density at radius 3 is 2.52 bits per heavy atom. The maximum absolute atomic E-state index is 13.0. The topological polar surface area (TPSA) is 96.1 Å². The number of amides is 2. The van der Waals surface area contributed by atoms with Gasteiger partial charge in [-0.15, -0.1) is 11.3 Å². The van der Waals surface area contributed by atoms with Crippen molar-refractivity contribution in [1.82, 2.24) is 15.3 Å². The highest BCUT2D eigenvalue weighted by Gasteiger charge is 2.26. The standard InChI is InChI=1S/C25H26N4O3S/c1-14(2)22(28-23(30)16-9-11-17(32-4)12-10-16)24(31)29-25-27-20(13-33-25)21-15(3)26-19-8-6-5-7-18(19)21/h5-14,22,26H,1-4H3,(H,28,30)(H,27,29,31)/t22-/m0/s1. The fourth-order valence-corrected chi connectivity index (χ4v) is 4.44. The van der Waals surface area contributed by atoms with Crippen molar-refractivity contribution in [2.24, 2.45) is 5.92 Å². The van der Waals surface area contributed by atoms with Crippen LogP contribution in [0.1, 0.15) is 29.9 Å². The number of para-hydroxylation sites is 1. The second kappa shape index (κ2) is 9.46. The Balaban J connectivity index is 1.49. The van der Waals surface area contributed by atoms with Crippen LogP contribution in [0.25, 0.3) is 22.2 Å². The number of methoxy groups -OCH3 is 1. The van der Waals surface area contributed by atoms with Gasteiger partial charge in [-0.1, -0.05) is 32.0 Å². The third kappa shape index (κ3) is 4.75. The highest BCUT2D eigenvalue weighted by Crippen LogP contribution is 2.33. The molecule has 8 heteroatoms. The van der Waals surface area contributed by atoms with Gasteiger partial charge in [-0.05, 0) is 43.2 Å². The Kier molecular flexibility index (Phi) is 6.46. The number of aryl methyl sites for hydroxylation is 1. The molecule has 0 radical (unpaired) electrons. The van der Waals surface area contributed by atoms with Crippen molar-refractivity contribution in [3.8, 4) is 17.0 Å². The van der Waals surface area contributed by atoms with Gasteiger partial charge in [0.1, 0.15) is 11.8 Å². The molecule has 0 aliphatic heterocycles. The molecule has 0 fully saturated rings. The number of thiazole rings is 1. The van der Waals surface area contributed by atoms with Crippen LogP contribution in [0, 0.1) is 12.8 Å². The number of fused-ring (bicyclic) bond motifs is 1. The predicted molar refractivity (Wildman–Crippen MR) is 132 cm³/mol. The molecule has 33 heavy (non-hydrogen) atoms. The van der Waals surface area contributed by atoms with Crippen molar-refractivity contribution in [2.75, 3.05) is 12.4 Å². The number of nitrogens with zero attached hydrogens (tertiary/aromatic N) is 1. The maximum Gasteiger partial charge on any atom is 0.251 e. The largest absolute Gasteiger partial charge is 0.497 e. The normalized spacial score (nSPS) is 12.0. The van der Waals surface area contributed by atoms with Crippen LogP contribution in [0.3, 0.4) is 0 Å². The summed E-state index contributed by atoms with van der Waals surface area (Å²) in [4.78, 5) is 33.7. The Bertz CT molecular complexity index is 1290. The predicted octanol–water partition coefficient (Wildman–Crippen LogP) is 5.00. The second-order valence-corrected chi connectivity index (χ2v) is 8.98. The number of hydrogen-bond acceptors (Lipinski definition) is 5. The number of carbonyl (C=O) groups is 2. The first-order chi connectivity index (χ1) is 15.9. The summed E-state index contributed by atoms with van der Waals surface area (Å²) in [5.74, 6) is -0.0682. The van der Waals surface area contributed by atoms with Crippen LogP contribution in [0.15, 0.2) is 53.9 Å². The molecule has 0 bridgehead atoms. The SMILES string of the molecule is COc1ccc(C(=O)N[C@H](C(=O)Nc2nc(-c3c(C)[nH]c4ccccc34)cs2)C(C)C)cc1. The molecule has 0 aliphatic rings. The number of H-pyrrole nitrogens is 1. The zero-order chi connectivity index (χ0) is 23.5. The number of aromatic nitrogens is 2. The van der Waals surface area contributed by atoms with E-state index >= 15 is 0 Å². The molecule has 0 saturated carbocycles. The molecule has 0 aliphatic carbocycles. The number of anilines is 1. The summed E-state index contributed by atoms with van der Waals surface area (Å²) in [6.07, 6.45) is 0. The van der Waals surface area contributed by atoms with Crippen LogP contribution in [-0.2, 0) is 4.79 Å². The van der Waals surface area contributed by atoms with Gasteiger partial charge < -0.3 is 20.4 Å². The third-order valence-corrected chi connectivity index (χ3v) is 6.23. The zero-order valence-corrected chi connectivity index (χ0v) is 19.7. The number of hydrogen-bond donors (Lipinski definition) is 3. The van der Waals surface area contributed by atoms with E-state index in [-0.39, 0.29) is 17.7 Å². The lowest BCUT2D eigenvalue weighted by Crippen LogP contribution is -2.47. The summed E-state index contributed by atoms with van der Waals surface area (Å²) in [6.45, 7) is 5.79. The van der Waals surface area contributed by atoms with E-state index < -0.39 is 6.04 Å². The van der Waals surface area contributed by atoms with Gasteiger partial charge in [0, 0.05) is 33.1 Å². The molecular formula is C25H26N4O3S. The molecule has 2 amide bonds. The van der Waals surface area contributed by atoms with Crippen molar-refractivity contribution >= 4 is 39.2 Å². The molecule has 2 aromatic carbocycles. The molecule has 0 unspecified atom stereocenters. The summed E-state index contributed by atoms with van der Waals surface area (Å²) < 4.78 is 5.13. The van der Waals surface area contributed by atoms with Gasteiger partial charge in [0.25, 0.3) is 5.91 Å². The molecule has 7 nitrogen and oxygen atoms in total. The van der Waals surface area contributed by atoms with Crippen molar-refractivity contribution in [2.45, 2.75) is 26.8 Å². The van der Waals surface area contributed by atoms with E-state index in [0.717, 1.165) is 27.9 Å². The molecule has 3 N–H and O–H groups in total. The van der Waals surface area contributed by atoms with Crippen LogP contribution in [0.4, 0.5) is 5.13 Å². The Labute approximate surface area is 196 Å². The minimum atomic E-state index is -0.707. The highest BCUT2D eigenvalue weighted by molar-refractivity contribution is 7.14. The van der Waals surface area contributed by atoms with Crippen molar-refractivity contribution in [3.05, 3.63) is 65.2 Å². The fraction of sp³-hybridized carbons (Fsp3) is 0.240. The van der Waals surface area contributed by atoms with Gasteiger partial charge in [-0.25, -0.2) is 4.98 Å². The van der Waals surface area contributed by atoms with E-state index in [4.69, 9.17) is 4.74 Å². The van der Waals surface area contributed by atoms with Crippen molar-refractivity contribution < 1.29 is 14.3 Å². The molecule has 4 rings (SSSR count). The van der Waals surface area contributed by atoms with Crippen LogP contribution >= 0.6 is 11.3 Å². The number of benzene rings is 2. The van der Waals surface area contributed by atoms with Crippen molar-refractivity contribution in [3.63, 3.8) is 0 Å². The van der Waals surface area contributed by atoms with Crippen LogP contribution in [0.5, 0.6) is 5.75 Å². The third-order valence-electron chi connectivity index (χ3n) is 5.47. The van der Waals surface area contributed by atoms with Crippen molar-refractivity contribution in [1.29, 1.82) is 0 Å². The Hall–Kier alpha value is -3.65. The molecule has 1 atom stereocenters. The Morgan fingerprint density at radius 2 is 1.82 bits per heavy atom. The van der Waals surface area contributed by atoms with E-state index in [1.54, 1.807) is 31.4 Å². The number of carbonyl (C=O) groups excluding carboxylic acids is 2. The van der Waals surface area contributed by atoms with Gasteiger partial charge in [-0.2, -0.15) is 0 Å². The van der Waals surface area contributed by atoms with Gasteiger partial charge in [0.15, 0.2) is 5.13 Å². The van der Waals surface area contributed by atoms with Gasteiger partial charge in [0.05, 0.1) is 12.8 Å². The monoisotopic (exact) mass is 462 g/mol. The van der Waals surface area contributed by atoms with Gasteiger partial charge in [0.2, 0.25) is 5.91 Å². The van der Waals surface area contributed by atoms with Gasteiger partial charge in [-0.3, -0.25) is 9.59 Å². The average molecular weight is 463 g/mol. The molecule has 0 spiro atoms. The summed E-state index contributed by atoms with van der Waals surface area (Å²) in [6, 6.07) is 14.1. The molecular weight excluding hydrogens is 436 g/mol.